The van der Waals surface area contributed by atoms with Crippen LogP contribution in [0.15, 0.2) is 29.3 Å². The molecule has 0 radical (unpaired) electrons. The summed E-state index contributed by atoms with van der Waals surface area (Å²) in [4.78, 5) is 28.3. The highest BCUT2D eigenvalue weighted by Crippen LogP contribution is 2.16. The summed E-state index contributed by atoms with van der Waals surface area (Å²) in [5.74, 6) is 0.992. The Morgan fingerprint density at radius 3 is 2.06 bits per heavy atom. The number of amides is 2. The van der Waals surface area contributed by atoms with E-state index in [1.54, 1.807) is 20.8 Å². The van der Waals surface area contributed by atoms with Gasteiger partial charge in [0.05, 0.1) is 6.10 Å². The minimum absolute atomic E-state index is 0. The zero-order valence-electron chi connectivity index (χ0n) is 21.0. The lowest BCUT2D eigenvalue weighted by Gasteiger charge is -2.20. The van der Waals surface area contributed by atoms with Gasteiger partial charge in [0.15, 0.2) is 5.96 Å². The molecule has 0 aromatic heterocycles. The van der Waals surface area contributed by atoms with Crippen molar-refractivity contribution >= 4 is 47.6 Å². The average Bonchev–Trinajstić information content (AvgIpc) is 2.61. The Hall–Kier alpha value is -2.24. The molecule has 4 N–H and O–H groups in total. The van der Waals surface area contributed by atoms with E-state index < -0.39 is 11.7 Å². The summed E-state index contributed by atoms with van der Waals surface area (Å²) in [5, 5.41) is 11.8. The summed E-state index contributed by atoms with van der Waals surface area (Å²) in [6, 6.07) is 7.44. The van der Waals surface area contributed by atoms with E-state index in [0.29, 0.717) is 19.0 Å². The van der Waals surface area contributed by atoms with E-state index in [9.17, 15) is 9.59 Å². The lowest BCUT2D eigenvalue weighted by atomic mass is 10.1. The smallest absolute Gasteiger partial charge is 0.407 e. The molecule has 188 valence electrons. The third kappa shape index (κ3) is 16.1. The number of rotatable bonds is 8. The summed E-state index contributed by atoms with van der Waals surface area (Å²) in [6.07, 6.45) is -0.401. The molecule has 0 spiro atoms. The highest BCUT2D eigenvalue weighted by atomic mass is 127. The van der Waals surface area contributed by atoms with Crippen LogP contribution >= 0.6 is 24.0 Å². The van der Waals surface area contributed by atoms with Crippen LogP contribution in [0.25, 0.3) is 0 Å². The molecule has 0 aliphatic rings. The van der Waals surface area contributed by atoms with Crippen molar-refractivity contribution < 1.29 is 19.1 Å². The van der Waals surface area contributed by atoms with Crippen molar-refractivity contribution in [3.8, 4) is 5.75 Å². The van der Waals surface area contributed by atoms with Gasteiger partial charge in [-0.05, 0) is 79.7 Å². The summed E-state index contributed by atoms with van der Waals surface area (Å²) in [5.41, 5.74) is -0.113. The van der Waals surface area contributed by atoms with Gasteiger partial charge in [0.2, 0.25) is 5.91 Å². The van der Waals surface area contributed by atoms with E-state index >= 15 is 0 Å². The molecule has 1 rings (SSSR count). The Morgan fingerprint density at radius 1 is 0.970 bits per heavy atom. The second-order valence-corrected chi connectivity index (χ2v) is 9.63. The Kier molecular flexibility index (Phi) is 13.2. The maximum atomic E-state index is 12.2. The number of nitrogens with zero attached hydrogens (tertiary/aromatic N) is 1. The normalized spacial score (nSPS) is 11.8. The first-order valence-corrected chi connectivity index (χ1v) is 10.8. The highest BCUT2D eigenvalue weighted by molar-refractivity contribution is 14.0. The molecule has 0 bridgehead atoms. The Balaban J connectivity index is 0.0000102. The van der Waals surface area contributed by atoms with Gasteiger partial charge < -0.3 is 30.7 Å². The monoisotopic (exact) mass is 577 g/mol. The van der Waals surface area contributed by atoms with E-state index in [0.717, 1.165) is 11.4 Å². The number of halogens is 1. The minimum Gasteiger partial charge on any atom is -0.491 e. The van der Waals surface area contributed by atoms with E-state index in [1.807, 2.05) is 58.9 Å². The molecule has 0 saturated heterocycles. The van der Waals surface area contributed by atoms with Crippen molar-refractivity contribution in [1.82, 2.24) is 16.0 Å². The Labute approximate surface area is 214 Å². The molecule has 33 heavy (non-hydrogen) atoms. The summed E-state index contributed by atoms with van der Waals surface area (Å²) < 4.78 is 10.9. The van der Waals surface area contributed by atoms with E-state index in [1.165, 1.54) is 0 Å². The van der Waals surface area contributed by atoms with Crippen LogP contribution in [0.2, 0.25) is 0 Å². The number of benzene rings is 1. The third-order valence-electron chi connectivity index (χ3n) is 3.47. The zero-order valence-corrected chi connectivity index (χ0v) is 23.3. The number of guanidine groups is 1. The van der Waals surface area contributed by atoms with Gasteiger partial charge in [0.1, 0.15) is 17.9 Å². The molecular weight excluding hydrogens is 537 g/mol. The molecule has 1 aromatic carbocycles. The summed E-state index contributed by atoms with van der Waals surface area (Å²) in [7, 11) is 0. The third-order valence-corrected chi connectivity index (χ3v) is 3.47. The van der Waals surface area contributed by atoms with Gasteiger partial charge in [-0.2, -0.15) is 0 Å². The first-order valence-electron chi connectivity index (χ1n) is 10.8. The van der Waals surface area contributed by atoms with Crippen LogP contribution in [-0.2, 0) is 9.53 Å². The lowest BCUT2D eigenvalue weighted by Crippen LogP contribution is -2.43. The fraction of sp³-hybridized carbons (Fsp3) is 0.609. The maximum Gasteiger partial charge on any atom is 0.407 e. The number of anilines is 1. The van der Waals surface area contributed by atoms with Crippen LogP contribution < -0.4 is 26.0 Å². The quantitative estimate of drug-likeness (QED) is 0.162. The van der Waals surface area contributed by atoms with Gasteiger partial charge in [0.25, 0.3) is 0 Å². The van der Waals surface area contributed by atoms with Crippen LogP contribution in [-0.4, -0.2) is 54.8 Å². The van der Waals surface area contributed by atoms with Crippen molar-refractivity contribution in [1.29, 1.82) is 0 Å². The molecule has 0 unspecified atom stereocenters. The number of alkyl carbamates (subject to hydrolysis) is 1. The number of carbonyl (C=O) groups excluding carboxylic acids is 2. The van der Waals surface area contributed by atoms with Gasteiger partial charge in [-0.15, -0.1) is 24.0 Å². The number of nitrogens with one attached hydrogen (secondary N) is 4. The maximum absolute atomic E-state index is 12.2. The minimum atomic E-state index is -0.558. The summed E-state index contributed by atoms with van der Waals surface area (Å²) >= 11 is 0. The van der Waals surface area contributed by atoms with E-state index in [-0.39, 0.29) is 48.1 Å². The van der Waals surface area contributed by atoms with Gasteiger partial charge in [-0.25, -0.2) is 9.79 Å². The van der Waals surface area contributed by atoms with Crippen LogP contribution in [0.5, 0.6) is 5.75 Å². The number of ether oxygens (including phenoxy) is 2. The standard InChI is InChI=1S/C23H39N5O4.HI/c1-16(2)31-18-11-9-17(10-12-18)27-20(26-15-19(29)28-22(3,4)5)24-13-14-25-21(30)32-23(6,7)8;/h9-12,16H,13-15H2,1-8H3,(H,25,30)(H,28,29)(H2,24,26,27);1H. The van der Waals surface area contributed by atoms with Crippen molar-refractivity contribution in [3.63, 3.8) is 0 Å². The second-order valence-electron chi connectivity index (χ2n) is 9.63. The lowest BCUT2D eigenvalue weighted by molar-refractivity contribution is -0.121. The molecule has 9 nitrogen and oxygen atoms in total. The van der Waals surface area contributed by atoms with E-state index in [4.69, 9.17) is 9.47 Å². The SMILES string of the molecule is CC(C)Oc1ccc(NC(=NCC(=O)NC(C)(C)C)NCCNC(=O)OC(C)(C)C)cc1.I. The van der Waals surface area contributed by atoms with E-state index in [2.05, 4.69) is 26.3 Å². The molecular formula is C23H40IN5O4. The molecule has 10 heteroatoms. The van der Waals surface area contributed by atoms with Crippen molar-refractivity contribution in [2.45, 2.75) is 72.6 Å². The molecule has 2 amide bonds. The Bertz CT molecular complexity index is 769. The molecule has 1 aromatic rings. The fourth-order valence-electron chi connectivity index (χ4n) is 2.43. The number of aliphatic imine (C=N–C) groups is 1. The fourth-order valence-corrected chi connectivity index (χ4v) is 2.43. The van der Waals surface area contributed by atoms with Gasteiger partial charge in [-0.1, -0.05) is 0 Å². The molecule has 0 aliphatic carbocycles. The zero-order chi connectivity index (χ0) is 24.4. The van der Waals surface area contributed by atoms with Crippen molar-refractivity contribution in [2.75, 3.05) is 25.0 Å². The highest BCUT2D eigenvalue weighted by Gasteiger charge is 2.16. The van der Waals surface area contributed by atoms with Gasteiger partial charge in [0, 0.05) is 24.3 Å². The van der Waals surface area contributed by atoms with Crippen LogP contribution in [0.1, 0.15) is 55.4 Å². The number of carbonyl (C=O) groups is 2. The first-order chi connectivity index (χ1) is 14.7. The number of hydrogen-bond donors (Lipinski definition) is 4. The van der Waals surface area contributed by atoms with Crippen molar-refractivity contribution in [2.24, 2.45) is 4.99 Å². The average molecular weight is 578 g/mol. The predicted molar refractivity (Wildman–Crippen MR) is 144 cm³/mol. The van der Waals surface area contributed by atoms with Crippen LogP contribution in [0, 0.1) is 0 Å². The van der Waals surface area contributed by atoms with Gasteiger partial charge in [-0.3, -0.25) is 4.79 Å². The molecule has 0 atom stereocenters. The topological polar surface area (TPSA) is 113 Å². The van der Waals surface area contributed by atoms with Crippen LogP contribution in [0.4, 0.5) is 10.5 Å². The predicted octanol–water partition coefficient (Wildman–Crippen LogP) is 3.89. The molecule has 0 aliphatic heterocycles. The Morgan fingerprint density at radius 2 is 1.55 bits per heavy atom. The number of hydrogen-bond acceptors (Lipinski definition) is 5. The summed E-state index contributed by atoms with van der Waals surface area (Å²) in [6.45, 7) is 15.8. The first kappa shape index (κ1) is 30.8. The largest absolute Gasteiger partial charge is 0.491 e. The van der Waals surface area contributed by atoms with Gasteiger partial charge >= 0.3 is 6.09 Å². The molecule has 0 saturated carbocycles. The molecule has 0 heterocycles. The van der Waals surface area contributed by atoms with Crippen molar-refractivity contribution in [3.05, 3.63) is 24.3 Å². The van der Waals surface area contributed by atoms with Crippen LogP contribution in [0.3, 0.4) is 0 Å². The second kappa shape index (κ2) is 14.1. The molecule has 0 fully saturated rings.